The lowest BCUT2D eigenvalue weighted by Crippen LogP contribution is -2.00. The molecule has 0 saturated carbocycles. The van der Waals surface area contributed by atoms with Crippen molar-refractivity contribution in [1.29, 1.82) is 0 Å². The summed E-state index contributed by atoms with van der Waals surface area (Å²) < 4.78 is 4.71. The van der Waals surface area contributed by atoms with E-state index in [4.69, 9.17) is 4.74 Å². The van der Waals surface area contributed by atoms with Crippen molar-refractivity contribution in [2.24, 2.45) is 0 Å². The van der Waals surface area contributed by atoms with E-state index in [9.17, 15) is 4.79 Å². The van der Waals surface area contributed by atoms with Crippen LogP contribution in [0.4, 0.5) is 0 Å². The van der Waals surface area contributed by atoms with Crippen LogP contribution in [0.5, 0.6) is 0 Å². The Labute approximate surface area is 101 Å². The first-order chi connectivity index (χ1) is 8.24. The number of rotatable bonds is 3. The molecular formula is C15H16O2. The average molecular weight is 228 g/mol. The molecule has 2 aromatic carbocycles. The van der Waals surface area contributed by atoms with Gasteiger partial charge in [0, 0.05) is 0 Å². The van der Waals surface area contributed by atoms with Gasteiger partial charge in [-0.3, -0.25) is 0 Å². The van der Waals surface area contributed by atoms with Crippen LogP contribution in [0.15, 0.2) is 36.4 Å². The fourth-order valence-electron chi connectivity index (χ4n) is 1.98. The summed E-state index contributed by atoms with van der Waals surface area (Å²) in [4.78, 5) is 11.4. The van der Waals surface area contributed by atoms with E-state index in [2.05, 4.69) is 25.1 Å². The Balaban J connectivity index is 2.43. The highest BCUT2D eigenvalue weighted by atomic mass is 16.5. The van der Waals surface area contributed by atoms with E-state index in [0.29, 0.717) is 5.56 Å². The summed E-state index contributed by atoms with van der Waals surface area (Å²) >= 11 is 0. The van der Waals surface area contributed by atoms with Crippen LogP contribution in [0.3, 0.4) is 0 Å². The molecule has 0 unspecified atom stereocenters. The number of benzene rings is 2. The first-order valence-electron chi connectivity index (χ1n) is 5.85. The molecule has 0 aromatic heterocycles. The van der Waals surface area contributed by atoms with Gasteiger partial charge in [-0.05, 0) is 34.9 Å². The van der Waals surface area contributed by atoms with Crippen LogP contribution in [-0.2, 0) is 11.2 Å². The Bertz CT molecular complexity index is 544. The molecule has 0 spiro atoms. The fourth-order valence-corrected chi connectivity index (χ4v) is 1.98. The maximum absolute atomic E-state index is 11.4. The number of esters is 1. The quantitative estimate of drug-likeness (QED) is 0.750. The normalized spacial score (nSPS) is 10.5. The fraction of sp³-hybridized carbons (Fsp3) is 0.267. The van der Waals surface area contributed by atoms with Crippen molar-refractivity contribution in [3.05, 3.63) is 47.5 Å². The number of methoxy groups -OCH3 is 1. The second kappa shape index (κ2) is 5.00. The zero-order valence-corrected chi connectivity index (χ0v) is 10.2. The zero-order valence-electron chi connectivity index (χ0n) is 10.2. The molecule has 0 bridgehead atoms. The molecule has 0 aliphatic heterocycles. The van der Waals surface area contributed by atoms with Crippen LogP contribution in [0.1, 0.15) is 29.3 Å². The number of aryl methyl sites for hydroxylation is 1. The number of hydrogen-bond donors (Lipinski definition) is 0. The van der Waals surface area contributed by atoms with Crippen LogP contribution in [0, 0.1) is 0 Å². The molecule has 0 aliphatic rings. The number of ether oxygens (including phenoxy) is 1. The molecule has 0 aliphatic carbocycles. The summed E-state index contributed by atoms with van der Waals surface area (Å²) in [6.45, 7) is 2.17. The number of fused-ring (bicyclic) bond motifs is 1. The lowest BCUT2D eigenvalue weighted by molar-refractivity contribution is 0.0601. The third-order valence-electron chi connectivity index (χ3n) is 2.86. The van der Waals surface area contributed by atoms with E-state index in [0.717, 1.165) is 18.2 Å². The predicted molar refractivity (Wildman–Crippen MR) is 69.3 cm³/mol. The van der Waals surface area contributed by atoms with Crippen LogP contribution in [0.25, 0.3) is 10.8 Å². The first kappa shape index (κ1) is 11.6. The lowest BCUT2D eigenvalue weighted by atomic mass is 10.0. The third-order valence-corrected chi connectivity index (χ3v) is 2.86. The average Bonchev–Trinajstić information content (AvgIpc) is 2.37. The van der Waals surface area contributed by atoms with E-state index < -0.39 is 0 Å². The molecule has 0 atom stereocenters. The van der Waals surface area contributed by atoms with E-state index in [1.807, 2.05) is 18.2 Å². The minimum absolute atomic E-state index is 0.287. The monoisotopic (exact) mass is 228 g/mol. The Hall–Kier alpha value is -1.83. The van der Waals surface area contributed by atoms with E-state index in [-0.39, 0.29) is 5.97 Å². The summed E-state index contributed by atoms with van der Waals surface area (Å²) in [5.41, 5.74) is 1.94. The summed E-state index contributed by atoms with van der Waals surface area (Å²) in [6, 6.07) is 12.0. The van der Waals surface area contributed by atoms with Gasteiger partial charge in [-0.1, -0.05) is 37.6 Å². The summed E-state index contributed by atoms with van der Waals surface area (Å²) in [6.07, 6.45) is 2.24. The van der Waals surface area contributed by atoms with Crippen LogP contribution in [-0.4, -0.2) is 13.1 Å². The zero-order chi connectivity index (χ0) is 12.3. The van der Waals surface area contributed by atoms with E-state index in [1.54, 1.807) is 0 Å². The molecule has 2 aromatic rings. The van der Waals surface area contributed by atoms with Gasteiger partial charge in [0.15, 0.2) is 0 Å². The maximum atomic E-state index is 11.4. The van der Waals surface area contributed by atoms with Gasteiger partial charge in [-0.25, -0.2) is 4.79 Å². The smallest absolute Gasteiger partial charge is 0.337 e. The standard InChI is InChI=1S/C15H16O2/c1-3-4-11-5-6-13-10-14(15(16)17-2)8-7-12(13)9-11/h5-10H,3-4H2,1-2H3. The van der Waals surface area contributed by atoms with Gasteiger partial charge >= 0.3 is 5.97 Å². The minimum atomic E-state index is -0.287. The van der Waals surface area contributed by atoms with Crippen molar-refractivity contribution < 1.29 is 9.53 Å². The van der Waals surface area contributed by atoms with Crippen LogP contribution in [0.2, 0.25) is 0 Å². The first-order valence-corrected chi connectivity index (χ1v) is 5.85. The summed E-state index contributed by atoms with van der Waals surface area (Å²) in [5, 5.41) is 2.25. The van der Waals surface area contributed by atoms with E-state index >= 15 is 0 Å². The molecule has 0 radical (unpaired) electrons. The van der Waals surface area contributed by atoms with Gasteiger partial charge in [0.1, 0.15) is 0 Å². The highest BCUT2D eigenvalue weighted by Gasteiger charge is 2.05. The Morgan fingerprint density at radius 1 is 1.12 bits per heavy atom. The van der Waals surface area contributed by atoms with Gasteiger partial charge in [0.2, 0.25) is 0 Å². The van der Waals surface area contributed by atoms with Crippen molar-refractivity contribution in [1.82, 2.24) is 0 Å². The number of carbonyl (C=O) groups excluding carboxylic acids is 1. The predicted octanol–water partition coefficient (Wildman–Crippen LogP) is 3.58. The molecule has 0 saturated heterocycles. The van der Waals surface area contributed by atoms with Crippen molar-refractivity contribution in [2.75, 3.05) is 7.11 Å². The van der Waals surface area contributed by atoms with E-state index in [1.165, 1.54) is 18.1 Å². The minimum Gasteiger partial charge on any atom is -0.465 e. The highest BCUT2D eigenvalue weighted by molar-refractivity contribution is 5.95. The lowest BCUT2D eigenvalue weighted by Gasteiger charge is -2.04. The molecule has 2 rings (SSSR count). The molecule has 0 fully saturated rings. The maximum Gasteiger partial charge on any atom is 0.337 e. The van der Waals surface area contributed by atoms with Gasteiger partial charge < -0.3 is 4.74 Å². The van der Waals surface area contributed by atoms with Crippen molar-refractivity contribution in [2.45, 2.75) is 19.8 Å². The Morgan fingerprint density at radius 3 is 2.53 bits per heavy atom. The molecule has 0 N–H and O–H groups in total. The summed E-state index contributed by atoms with van der Waals surface area (Å²) in [5.74, 6) is -0.287. The molecular weight excluding hydrogens is 212 g/mol. The third kappa shape index (κ3) is 2.47. The molecule has 17 heavy (non-hydrogen) atoms. The Morgan fingerprint density at radius 2 is 1.82 bits per heavy atom. The highest BCUT2D eigenvalue weighted by Crippen LogP contribution is 2.19. The van der Waals surface area contributed by atoms with Gasteiger partial charge in [-0.15, -0.1) is 0 Å². The molecule has 0 amide bonds. The van der Waals surface area contributed by atoms with Crippen LogP contribution < -0.4 is 0 Å². The molecule has 2 heteroatoms. The second-order valence-corrected chi connectivity index (χ2v) is 4.14. The topological polar surface area (TPSA) is 26.3 Å². The molecule has 2 nitrogen and oxygen atoms in total. The van der Waals surface area contributed by atoms with Crippen molar-refractivity contribution in [3.8, 4) is 0 Å². The van der Waals surface area contributed by atoms with Gasteiger partial charge in [0.05, 0.1) is 12.7 Å². The molecule has 0 heterocycles. The number of carbonyl (C=O) groups is 1. The second-order valence-electron chi connectivity index (χ2n) is 4.14. The SMILES string of the molecule is CCCc1ccc2cc(C(=O)OC)ccc2c1. The molecule has 88 valence electrons. The van der Waals surface area contributed by atoms with Crippen molar-refractivity contribution >= 4 is 16.7 Å². The Kier molecular flexibility index (Phi) is 3.43. The summed E-state index contributed by atoms with van der Waals surface area (Å²) in [7, 11) is 1.40. The van der Waals surface area contributed by atoms with Crippen LogP contribution >= 0.6 is 0 Å². The largest absolute Gasteiger partial charge is 0.465 e. The van der Waals surface area contributed by atoms with Gasteiger partial charge in [0.25, 0.3) is 0 Å². The number of hydrogen-bond acceptors (Lipinski definition) is 2. The van der Waals surface area contributed by atoms with Gasteiger partial charge in [-0.2, -0.15) is 0 Å². The van der Waals surface area contributed by atoms with Crippen molar-refractivity contribution in [3.63, 3.8) is 0 Å².